The summed E-state index contributed by atoms with van der Waals surface area (Å²) in [4.78, 5) is 15.0. The highest BCUT2D eigenvalue weighted by Gasteiger charge is 2.30. The minimum absolute atomic E-state index is 0.00273. The number of hydrogen-bond donors (Lipinski definition) is 2. The Morgan fingerprint density at radius 1 is 1.29 bits per heavy atom. The molecular formula is C14H16N2O. The van der Waals surface area contributed by atoms with E-state index in [0.29, 0.717) is 0 Å². The van der Waals surface area contributed by atoms with Crippen molar-refractivity contribution >= 4 is 10.8 Å². The minimum atomic E-state index is -0.336. The van der Waals surface area contributed by atoms with Crippen LogP contribution in [-0.2, 0) is 12.0 Å². The molecule has 1 aromatic heterocycles. The number of nitrogens with two attached hydrogens (primary N) is 1. The standard InChI is InChI=1S/C14H16N2O/c1-14(15)8-4-7-11-12(14)9-5-2-3-6-10(9)13(17)16-11/h2-3,5-6H,4,7-8,15H2,1H3,(H,16,17). The van der Waals surface area contributed by atoms with Gasteiger partial charge in [0.15, 0.2) is 0 Å². The van der Waals surface area contributed by atoms with E-state index in [-0.39, 0.29) is 11.1 Å². The minimum Gasteiger partial charge on any atom is -0.325 e. The molecule has 3 rings (SSSR count). The van der Waals surface area contributed by atoms with Gasteiger partial charge < -0.3 is 10.7 Å². The average molecular weight is 228 g/mol. The van der Waals surface area contributed by atoms with Crippen LogP contribution < -0.4 is 11.3 Å². The molecule has 0 aliphatic heterocycles. The second-order valence-electron chi connectivity index (χ2n) is 5.12. The summed E-state index contributed by atoms with van der Waals surface area (Å²) in [5, 5.41) is 1.75. The normalized spacial score (nSPS) is 23.6. The molecule has 1 aromatic carbocycles. The third-order valence-corrected chi connectivity index (χ3v) is 3.70. The van der Waals surface area contributed by atoms with Crippen LogP contribution in [0, 0.1) is 0 Å². The maximum absolute atomic E-state index is 12.0. The Balaban J connectivity index is 2.48. The number of aryl methyl sites for hydroxylation is 1. The van der Waals surface area contributed by atoms with Gasteiger partial charge in [-0.25, -0.2) is 0 Å². The van der Waals surface area contributed by atoms with E-state index >= 15 is 0 Å². The molecule has 0 saturated heterocycles. The van der Waals surface area contributed by atoms with E-state index in [1.54, 1.807) is 0 Å². The van der Waals surface area contributed by atoms with Crippen LogP contribution in [0.1, 0.15) is 31.0 Å². The van der Waals surface area contributed by atoms with Crippen LogP contribution in [0.15, 0.2) is 29.1 Å². The Morgan fingerprint density at radius 2 is 2.00 bits per heavy atom. The lowest BCUT2D eigenvalue weighted by Gasteiger charge is -2.33. The number of fused-ring (bicyclic) bond motifs is 3. The van der Waals surface area contributed by atoms with Gasteiger partial charge >= 0.3 is 0 Å². The SMILES string of the molecule is CC1(N)CCCc2[nH]c(=O)c3ccccc3c21. The quantitative estimate of drug-likeness (QED) is 0.725. The number of aromatic nitrogens is 1. The fraction of sp³-hybridized carbons (Fsp3) is 0.357. The number of hydrogen-bond acceptors (Lipinski definition) is 2. The van der Waals surface area contributed by atoms with Crippen LogP contribution in [0.25, 0.3) is 10.8 Å². The van der Waals surface area contributed by atoms with E-state index in [2.05, 4.69) is 11.9 Å². The first-order valence-electron chi connectivity index (χ1n) is 6.03. The molecule has 0 amide bonds. The predicted octanol–water partition coefficient (Wildman–Crippen LogP) is 2.04. The van der Waals surface area contributed by atoms with Gasteiger partial charge in [-0.1, -0.05) is 18.2 Å². The third kappa shape index (κ3) is 1.50. The maximum atomic E-state index is 12.0. The van der Waals surface area contributed by atoms with Crippen molar-refractivity contribution in [1.82, 2.24) is 4.98 Å². The smallest absolute Gasteiger partial charge is 0.256 e. The van der Waals surface area contributed by atoms with Crippen LogP contribution in [0.5, 0.6) is 0 Å². The Hall–Kier alpha value is -1.61. The number of benzene rings is 1. The molecule has 0 fully saturated rings. The van der Waals surface area contributed by atoms with E-state index in [1.165, 1.54) is 0 Å². The molecule has 1 atom stereocenters. The monoisotopic (exact) mass is 228 g/mol. The first-order valence-corrected chi connectivity index (χ1v) is 6.03. The summed E-state index contributed by atoms with van der Waals surface area (Å²) >= 11 is 0. The van der Waals surface area contributed by atoms with Crippen LogP contribution in [0.4, 0.5) is 0 Å². The number of aromatic amines is 1. The molecule has 1 unspecified atom stereocenters. The van der Waals surface area contributed by atoms with Gasteiger partial charge in [0, 0.05) is 16.6 Å². The van der Waals surface area contributed by atoms with Crippen molar-refractivity contribution in [3.63, 3.8) is 0 Å². The van der Waals surface area contributed by atoms with Crippen molar-refractivity contribution < 1.29 is 0 Å². The van der Waals surface area contributed by atoms with Crippen LogP contribution in [-0.4, -0.2) is 4.98 Å². The molecule has 3 heteroatoms. The first-order chi connectivity index (χ1) is 8.09. The fourth-order valence-electron chi connectivity index (χ4n) is 2.93. The summed E-state index contributed by atoms with van der Waals surface area (Å²) in [6, 6.07) is 7.71. The zero-order valence-corrected chi connectivity index (χ0v) is 9.92. The Labute approximate surface area is 99.7 Å². The van der Waals surface area contributed by atoms with Gasteiger partial charge in [0.1, 0.15) is 0 Å². The van der Waals surface area contributed by atoms with Crippen molar-refractivity contribution in [2.24, 2.45) is 5.73 Å². The summed E-state index contributed by atoms with van der Waals surface area (Å²) in [7, 11) is 0. The van der Waals surface area contributed by atoms with E-state index in [4.69, 9.17) is 5.73 Å². The predicted molar refractivity (Wildman–Crippen MR) is 69.0 cm³/mol. The molecule has 0 spiro atoms. The largest absolute Gasteiger partial charge is 0.325 e. The molecule has 2 aromatic rings. The second-order valence-corrected chi connectivity index (χ2v) is 5.12. The molecule has 0 radical (unpaired) electrons. The molecule has 88 valence electrons. The lowest BCUT2D eigenvalue weighted by Crippen LogP contribution is -2.38. The summed E-state index contributed by atoms with van der Waals surface area (Å²) in [6.07, 6.45) is 2.92. The van der Waals surface area contributed by atoms with Crippen molar-refractivity contribution in [3.8, 4) is 0 Å². The Bertz CT molecular complexity index is 640. The highest BCUT2D eigenvalue weighted by atomic mass is 16.1. The molecule has 0 saturated carbocycles. The molecule has 3 nitrogen and oxygen atoms in total. The highest BCUT2D eigenvalue weighted by molar-refractivity contribution is 5.86. The highest BCUT2D eigenvalue weighted by Crippen LogP contribution is 2.35. The van der Waals surface area contributed by atoms with E-state index in [1.807, 2.05) is 24.3 Å². The molecule has 17 heavy (non-hydrogen) atoms. The maximum Gasteiger partial charge on any atom is 0.256 e. The van der Waals surface area contributed by atoms with Gasteiger partial charge in [-0.2, -0.15) is 0 Å². The van der Waals surface area contributed by atoms with Crippen molar-refractivity contribution in [2.45, 2.75) is 31.7 Å². The zero-order chi connectivity index (χ0) is 12.0. The van der Waals surface area contributed by atoms with Gasteiger partial charge in [-0.3, -0.25) is 4.79 Å². The molecule has 1 aliphatic rings. The summed E-state index contributed by atoms with van der Waals surface area (Å²) in [5.41, 5.74) is 8.19. The molecule has 1 aliphatic carbocycles. The topological polar surface area (TPSA) is 58.9 Å². The molecule has 3 N–H and O–H groups in total. The fourth-order valence-corrected chi connectivity index (χ4v) is 2.93. The van der Waals surface area contributed by atoms with Gasteiger partial charge in [-0.05, 0) is 43.2 Å². The van der Waals surface area contributed by atoms with Crippen LogP contribution in [0.3, 0.4) is 0 Å². The zero-order valence-electron chi connectivity index (χ0n) is 9.92. The molecule has 1 heterocycles. The summed E-state index contributed by atoms with van der Waals surface area (Å²) in [6.45, 7) is 2.05. The lowest BCUT2D eigenvalue weighted by atomic mass is 9.78. The summed E-state index contributed by atoms with van der Waals surface area (Å²) < 4.78 is 0. The van der Waals surface area contributed by atoms with Crippen LogP contribution in [0.2, 0.25) is 0 Å². The average Bonchev–Trinajstić information content (AvgIpc) is 2.28. The van der Waals surface area contributed by atoms with Crippen molar-refractivity contribution in [2.75, 3.05) is 0 Å². The van der Waals surface area contributed by atoms with Gasteiger partial charge in [0.25, 0.3) is 5.56 Å². The van der Waals surface area contributed by atoms with Crippen molar-refractivity contribution in [1.29, 1.82) is 0 Å². The van der Waals surface area contributed by atoms with Gasteiger partial charge in [0.2, 0.25) is 0 Å². The van der Waals surface area contributed by atoms with E-state index in [0.717, 1.165) is 41.3 Å². The van der Waals surface area contributed by atoms with Crippen LogP contribution >= 0.6 is 0 Å². The number of H-pyrrole nitrogens is 1. The van der Waals surface area contributed by atoms with Gasteiger partial charge in [0.05, 0.1) is 0 Å². The van der Waals surface area contributed by atoms with Gasteiger partial charge in [-0.15, -0.1) is 0 Å². The van der Waals surface area contributed by atoms with E-state index in [9.17, 15) is 4.79 Å². The Kier molecular flexibility index (Phi) is 2.13. The Morgan fingerprint density at radius 3 is 2.76 bits per heavy atom. The van der Waals surface area contributed by atoms with Crippen molar-refractivity contribution in [3.05, 3.63) is 45.9 Å². The summed E-state index contributed by atoms with van der Waals surface area (Å²) in [5.74, 6) is 0. The molecule has 0 bridgehead atoms. The lowest BCUT2D eigenvalue weighted by molar-refractivity contribution is 0.408. The first kappa shape index (κ1) is 10.5. The third-order valence-electron chi connectivity index (χ3n) is 3.70. The number of nitrogens with one attached hydrogen (secondary N) is 1. The second kappa shape index (κ2) is 3.44. The molecular weight excluding hydrogens is 212 g/mol. The van der Waals surface area contributed by atoms with E-state index < -0.39 is 0 Å². The number of rotatable bonds is 0. The number of pyridine rings is 1.